The van der Waals surface area contributed by atoms with E-state index in [4.69, 9.17) is 32.7 Å². The number of rotatable bonds is 7. The molecule has 0 saturated carbocycles. The number of carbonyl (C=O) groups is 1. The SMILES string of the molecule is COc1ccc(/C=C/C(=O)c2ccc(Cl)c(Cl)c2)cc1COc1ccc(F)cc1. The molecule has 0 aliphatic carbocycles. The highest BCUT2D eigenvalue weighted by molar-refractivity contribution is 6.42. The molecule has 0 radical (unpaired) electrons. The van der Waals surface area contributed by atoms with Crippen molar-refractivity contribution in [3.8, 4) is 11.5 Å². The Hall–Kier alpha value is -2.82. The average molecular weight is 431 g/mol. The van der Waals surface area contributed by atoms with Gasteiger partial charge in [-0.2, -0.15) is 0 Å². The van der Waals surface area contributed by atoms with Crippen molar-refractivity contribution in [3.63, 3.8) is 0 Å². The molecule has 0 atom stereocenters. The third-order valence-corrected chi connectivity index (χ3v) is 4.88. The van der Waals surface area contributed by atoms with Gasteiger partial charge in [0.25, 0.3) is 0 Å². The number of benzene rings is 3. The molecule has 0 N–H and O–H groups in total. The maximum Gasteiger partial charge on any atom is 0.185 e. The van der Waals surface area contributed by atoms with Crippen molar-refractivity contribution in [3.05, 3.63) is 99.3 Å². The van der Waals surface area contributed by atoms with Crippen LogP contribution < -0.4 is 9.47 Å². The van der Waals surface area contributed by atoms with Gasteiger partial charge in [0.05, 0.1) is 17.2 Å². The molecule has 0 spiro atoms. The lowest BCUT2D eigenvalue weighted by molar-refractivity contribution is 0.104. The highest BCUT2D eigenvalue weighted by Crippen LogP contribution is 2.25. The molecule has 3 aromatic rings. The summed E-state index contributed by atoms with van der Waals surface area (Å²) in [5.74, 6) is 0.682. The second-order valence-corrected chi connectivity index (χ2v) is 6.95. The number of halogens is 3. The van der Waals surface area contributed by atoms with Crippen LogP contribution in [-0.4, -0.2) is 12.9 Å². The van der Waals surface area contributed by atoms with Crippen molar-refractivity contribution in [2.45, 2.75) is 6.61 Å². The van der Waals surface area contributed by atoms with Crippen LogP contribution in [0.25, 0.3) is 6.08 Å². The van der Waals surface area contributed by atoms with E-state index in [0.717, 1.165) is 11.1 Å². The first-order chi connectivity index (χ1) is 14.0. The van der Waals surface area contributed by atoms with E-state index in [1.54, 1.807) is 43.5 Å². The molecule has 29 heavy (non-hydrogen) atoms. The van der Waals surface area contributed by atoms with Crippen molar-refractivity contribution >= 4 is 35.1 Å². The Morgan fingerprint density at radius 1 is 1.00 bits per heavy atom. The summed E-state index contributed by atoms with van der Waals surface area (Å²) in [5.41, 5.74) is 2.04. The first-order valence-corrected chi connectivity index (χ1v) is 9.44. The van der Waals surface area contributed by atoms with E-state index in [2.05, 4.69) is 0 Å². The standard InChI is InChI=1S/C23H17Cl2FO3/c1-28-23-11-3-15(2-10-22(27)16-4-9-20(24)21(25)13-16)12-17(23)14-29-19-7-5-18(26)6-8-19/h2-13H,14H2,1H3/b10-2+. The van der Waals surface area contributed by atoms with Crippen LogP contribution in [0.3, 0.4) is 0 Å². The Labute approximate surface area is 178 Å². The molecule has 0 unspecified atom stereocenters. The molecule has 0 heterocycles. The van der Waals surface area contributed by atoms with Gasteiger partial charge in [-0.25, -0.2) is 4.39 Å². The Bertz CT molecular complexity index is 1050. The fourth-order valence-electron chi connectivity index (χ4n) is 2.62. The van der Waals surface area contributed by atoms with Crippen LogP contribution in [-0.2, 0) is 6.61 Å². The number of allylic oxidation sites excluding steroid dienone is 1. The van der Waals surface area contributed by atoms with Gasteiger partial charge in [-0.1, -0.05) is 35.3 Å². The first kappa shape index (κ1) is 20.9. The van der Waals surface area contributed by atoms with E-state index >= 15 is 0 Å². The summed E-state index contributed by atoms with van der Waals surface area (Å²) in [7, 11) is 1.57. The number of carbonyl (C=O) groups excluding carboxylic acids is 1. The Morgan fingerprint density at radius 2 is 1.76 bits per heavy atom. The molecular formula is C23H17Cl2FO3. The van der Waals surface area contributed by atoms with Crippen LogP contribution in [0.4, 0.5) is 4.39 Å². The van der Waals surface area contributed by atoms with E-state index in [0.29, 0.717) is 27.1 Å². The zero-order valence-electron chi connectivity index (χ0n) is 15.5. The minimum Gasteiger partial charge on any atom is -0.496 e. The van der Waals surface area contributed by atoms with Crippen LogP contribution >= 0.6 is 23.2 Å². The average Bonchev–Trinajstić information content (AvgIpc) is 2.73. The topological polar surface area (TPSA) is 35.5 Å². The largest absolute Gasteiger partial charge is 0.496 e. The quantitative estimate of drug-likeness (QED) is 0.312. The van der Waals surface area contributed by atoms with E-state index in [9.17, 15) is 9.18 Å². The number of hydrogen-bond acceptors (Lipinski definition) is 3. The van der Waals surface area contributed by atoms with Crippen molar-refractivity contribution in [2.24, 2.45) is 0 Å². The summed E-state index contributed by atoms with van der Waals surface area (Å²) in [4.78, 5) is 12.4. The molecule has 0 fully saturated rings. The molecule has 0 aliphatic rings. The molecule has 3 nitrogen and oxygen atoms in total. The highest BCUT2D eigenvalue weighted by atomic mass is 35.5. The van der Waals surface area contributed by atoms with Gasteiger partial charge in [0.15, 0.2) is 5.78 Å². The zero-order chi connectivity index (χ0) is 20.8. The number of methoxy groups -OCH3 is 1. The second-order valence-electron chi connectivity index (χ2n) is 6.14. The summed E-state index contributed by atoms with van der Waals surface area (Å²) >= 11 is 11.8. The van der Waals surface area contributed by atoms with Gasteiger partial charge in [0.2, 0.25) is 0 Å². The lowest BCUT2D eigenvalue weighted by Gasteiger charge is -2.11. The summed E-state index contributed by atoms with van der Waals surface area (Å²) in [5, 5.41) is 0.726. The molecular weight excluding hydrogens is 414 g/mol. The molecule has 0 aliphatic heterocycles. The number of hydrogen-bond donors (Lipinski definition) is 0. The summed E-state index contributed by atoms with van der Waals surface area (Å²) in [6.45, 7) is 0.233. The molecule has 0 amide bonds. The van der Waals surface area contributed by atoms with E-state index in [1.807, 2.05) is 12.1 Å². The van der Waals surface area contributed by atoms with Gasteiger partial charge in [0.1, 0.15) is 23.9 Å². The minimum atomic E-state index is -0.325. The van der Waals surface area contributed by atoms with Gasteiger partial charge in [-0.15, -0.1) is 0 Å². The number of ketones is 1. The van der Waals surface area contributed by atoms with Gasteiger partial charge in [-0.05, 0) is 66.2 Å². The third-order valence-electron chi connectivity index (χ3n) is 4.14. The van der Waals surface area contributed by atoms with Gasteiger partial charge in [-0.3, -0.25) is 4.79 Å². The van der Waals surface area contributed by atoms with Crippen LogP contribution in [0, 0.1) is 5.82 Å². The Kier molecular flexibility index (Phi) is 6.91. The summed E-state index contributed by atoms with van der Waals surface area (Å²) in [6.07, 6.45) is 3.16. The maximum atomic E-state index is 13.0. The lowest BCUT2D eigenvalue weighted by atomic mass is 10.1. The smallest absolute Gasteiger partial charge is 0.185 e. The normalized spacial score (nSPS) is 10.9. The zero-order valence-corrected chi connectivity index (χ0v) is 17.0. The highest BCUT2D eigenvalue weighted by Gasteiger charge is 2.07. The summed E-state index contributed by atoms with van der Waals surface area (Å²) < 4.78 is 24.1. The van der Waals surface area contributed by atoms with Gasteiger partial charge in [0, 0.05) is 11.1 Å². The predicted molar refractivity (Wildman–Crippen MR) is 114 cm³/mol. The molecule has 148 valence electrons. The van der Waals surface area contributed by atoms with Crippen LogP contribution in [0.1, 0.15) is 21.5 Å². The first-order valence-electron chi connectivity index (χ1n) is 8.69. The van der Waals surface area contributed by atoms with Crippen molar-refractivity contribution in [1.29, 1.82) is 0 Å². The predicted octanol–water partition coefficient (Wildman–Crippen LogP) is 6.62. The summed E-state index contributed by atoms with van der Waals surface area (Å²) in [6, 6.07) is 16.0. The van der Waals surface area contributed by atoms with Crippen molar-refractivity contribution < 1.29 is 18.7 Å². The fourth-order valence-corrected chi connectivity index (χ4v) is 2.92. The van der Waals surface area contributed by atoms with Gasteiger partial charge < -0.3 is 9.47 Å². The van der Waals surface area contributed by atoms with Crippen molar-refractivity contribution in [1.82, 2.24) is 0 Å². The van der Waals surface area contributed by atoms with Crippen LogP contribution in [0.5, 0.6) is 11.5 Å². The second kappa shape index (κ2) is 9.59. The van der Waals surface area contributed by atoms with Crippen molar-refractivity contribution in [2.75, 3.05) is 7.11 Å². The molecule has 3 rings (SSSR count). The monoisotopic (exact) mass is 430 g/mol. The molecule has 6 heteroatoms. The fraction of sp³-hybridized carbons (Fsp3) is 0.0870. The molecule has 0 bridgehead atoms. The van der Waals surface area contributed by atoms with E-state index in [-0.39, 0.29) is 18.2 Å². The molecule has 0 aromatic heterocycles. The minimum absolute atomic E-state index is 0.191. The maximum absolute atomic E-state index is 13.0. The Morgan fingerprint density at radius 3 is 2.45 bits per heavy atom. The molecule has 0 saturated heterocycles. The Balaban J connectivity index is 1.74. The van der Waals surface area contributed by atoms with Crippen LogP contribution in [0.2, 0.25) is 10.0 Å². The lowest BCUT2D eigenvalue weighted by Crippen LogP contribution is -1.99. The van der Waals surface area contributed by atoms with Gasteiger partial charge >= 0.3 is 0 Å². The van der Waals surface area contributed by atoms with Crippen LogP contribution in [0.15, 0.2) is 66.7 Å². The molecule has 3 aromatic carbocycles. The third kappa shape index (κ3) is 5.59. The van der Waals surface area contributed by atoms with E-state index in [1.165, 1.54) is 24.3 Å². The number of ether oxygens (including phenoxy) is 2. The van der Waals surface area contributed by atoms with E-state index < -0.39 is 0 Å².